The number of benzene rings is 1. The van der Waals surface area contributed by atoms with Gasteiger partial charge in [-0.1, -0.05) is 36.8 Å². The molecule has 3 saturated carbocycles. The number of ether oxygens (including phenoxy) is 2. The Kier molecular flexibility index (Phi) is 4.98. The lowest BCUT2D eigenvalue weighted by molar-refractivity contribution is -0.208. The molecule has 0 radical (unpaired) electrons. The number of aliphatic hydroxyl groups is 1. The third kappa shape index (κ3) is 3.23. The lowest BCUT2D eigenvalue weighted by Gasteiger charge is -2.55. The maximum absolute atomic E-state index is 13.1. The minimum Gasteiger partial charge on any atom is -0.385 e. The molecule has 6 rings (SSSR count). The summed E-state index contributed by atoms with van der Waals surface area (Å²) in [6.07, 6.45) is 6.36. The van der Waals surface area contributed by atoms with Gasteiger partial charge in [-0.25, -0.2) is 0 Å². The highest BCUT2D eigenvalue weighted by Crippen LogP contribution is 2.64. The molecule has 5 aliphatic rings. The third-order valence-electron chi connectivity index (χ3n) is 9.80. The highest BCUT2D eigenvalue weighted by atomic mass is 16.7. The Morgan fingerprint density at radius 1 is 1.09 bits per heavy atom. The summed E-state index contributed by atoms with van der Waals surface area (Å²) in [6, 6.07) is 8.68. The van der Waals surface area contributed by atoms with Gasteiger partial charge in [0.05, 0.1) is 18.8 Å². The second-order valence-electron chi connectivity index (χ2n) is 11.6. The van der Waals surface area contributed by atoms with Crippen LogP contribution < -0.4 is 5.73 Å². The summed E-state index contributed by atoms with van der Waals surface area (Å²) in [6.45, 7) is 5.45. The van der Waals surface area contributed by atoms with Crippen molar-refractivity contribution in [3.8, 4) is 0 Å². The second kappa shape index (κ2) is 7.48. The normalized spacial score (nSPS) is 40.5. The largest absolute Gasteiger partial charge is 0.385 e. The first-order valence-corrected chi connectivity index (χ1v) is 12.9. The Morgan fingerprint density at radius 3 is 2.52 bits per heavy atom. The Hall–Kier alpha value is -1.53. The number of rotatable bonds is 2. The van der Waals surface area contributed by atoms with Crippen molar-refractivity contribution < 1.29 is 19.4 Å². The third-order valence-corrected chi connectivity index (χ3v) is 9.80. The van der Waals surface area contributed by atoms with Crippen LogP contribution in [-0.4, -0.2) is 35.5 Å². The predicted molar refractivity (Wildman–Crippen MR) is 125 cm³/mol. The number of Topliss-reactive ketones (excluding diaryl/α,β-unsaturated/α-hetero) is 1. The first-order chi connectivity index (χ1) is 15.7. The van der Waals surface area contributed by atoms with Crippen LogP contribution in [0.25, 0.3) is 0 Å². The number of hydrogen-bond acceptors (Lipinski definition) is 5. The molecule has 4 aliphatic carbocycles. The molecule has 178 valence electrons. The van der Waals surface area contributed by atoms with Crippen molar-refractivity contribution in [1.82, 2.24) is 0 Å². The molecular weight excluding hydrogens is 414 g/mol. The monoisotopic (exact) mass is 451 g/mol. The Bertz CT molecular complexity index is 992. The van der Waals surface area contributed by atoms with Gasteiger partial charge in [0.1, 0.15) is 5.78 Å². The van der Waals surface area contributed by atoms with Crippen molar-refractivity contribution >= 4 is 5.78 Å². The molecule has 0 amide bonds. The van der Waals surface area contributed by atoms with Crippen molar-refractivity contribution in [2.45, 2.75) is 88.6 Å². The summed E-state index contributed by atoms with van der Waals surface area (Å²) in [5.41, 5.74) is 10.0. The predicted octanol–water partition coefficient (Wildman–Crippen LogP) is 4.54. The van der Waals surface area contributed by atoms with Gasteiger partial charge in [0.2, 0.25) is 0 Å². The number of carbonyl (C=O) groups excluding carboxylic acids is 1. The Balaban J connectivity index is 1.46. The van der Waals surface area contributed by atoms with Crippen LogP contribution in [0.1, 0.15) is 88.3 Å². The zero-order valence-corrected chi connectivity index (χ0v) is 19.9. The van der Waals surface area contributed by atoms with E-state index >= 15 is 0 Å². The smallest absolute Gasteiger partial charge is 0.171 e. The molecule has 33 heavy (non-hydrogen) atoms. The Labute approximate surface area is 196 Å². The van der Waals surface area contributed by atoms with Gasteiger partial charge in [0, 0.05) is 36.6 Å². The molecule has 5 nitrogen and oxygen atoms in total. The molecule has 1 aromatic rings. The van der Waals surface area contributed by atoms with E-state index in [1.807, 2.05) is 6.92 Å². The van der Waals surface area contributed by atoms with Crippen LogP contribution in [0, 0.1) is 17.3 Å². The number of ketones is 1. The van der Waals surface area contributed by atoms with Crippen LogP contribution in [0.5, 0.6) is 0 Å². The lowest BCUT2D eigenvalue weighted by atomic mass is 9.51. The molecule has 5 heteroatoms. The van der Waals surface area contributed by atoms with Gasteiger partial charge >= 0.3 is 0 Å². The van der Waals surface area contributed by atoms with Gasteiger partial charge < -0.3 is 20.3 Å². The van der Waals surface area contributed by atoms with Gasteiger partial charge in [-0.05, 0) is 67.6 Å². The summed E-state index contributed by atoms with van der Waals surface area (Å²) < 4.78 is 12.0. The van der Waals surface area contributed by atoms with E-state index in [2.05, 4.69) is 31.2 Å². The van der Waals surface area contributed by atoms with E-state index in [1.165, 1.54) is 16.7 Å². The molecule has 1 spiro atoms. The molecule has 1 saturated heterocycles. The molecule has 0 bridgehead atoms. The first kappa shape index (κ1) is 22.0. The number of carbonyl (C=O) groups is 1. The van der Waals surface area contributed by atoms with Crippen LogP contribution in [-0.2, 0) is 14.3 Å². The minimum absolute atomic E-state index is 0.000734. The summed E-state index contributed by atoms with van der Waals surface area (Å²) in [4.78, 5) is 13.1. The maximum atomic E-state index is 13.1. The number of hydrogen-bond donors (Lipinski definition) is 2. The maximum Gasteiger partial charge on any atom is 0.171 e. The summed E-state index contributed by atoms with van der Waals surface area (Å²) in [5, 5.41) is 12.0. The first-order valence-electron chi connectivity index (χ1n) is 12.9. The van der Waals surface area contributed by atoms with Crippen molar-refractivity contribution in [2.75, 3.05) is 13.2 Å². The summed E-state index contributed by atoms with van der Waals surface area (Å²) in [5.74, 6) is 0.758. The quantitative estimate of drug-likeness (QED) is 0.645. The molecule has 0 aromatic heterocycles. The fraction of sp³-hybridized carbons (Fsp3) is 0.679. The molecule has 1 heterocycles. The van der Waals surface area contributed by atoms with Gasteiger partial charge in [-0.3, -0.25) is 4.79 Å². The highest BCUT2D eigenvalue weighted by Gasteiger charge is 2.60. The number of allylic oxidation sites excluding steroid dienone is 1. The zero-order chi connectivity index (χ0) is 23.0. The van der Waals surface area contributed by atoms with Crippen LogP contribution >= 0.6 is 0 Å². The second-order valence-corrected chi connectivity index (χ2v) is 11.6. The average molecular weight is 452 g/mol. The van der Waals surface area contributed by atoms with Gasteiger partial charge in [-0.2, -0.15) is 0 Å². The van der Waals surface area contributed by atoms with E-state index in [4.69, 9.17) is 15.2 Å². The minimum atomic E-state index is -0.866. The van der Waals surface area contributed by atoms with Crippen LogP contribution in [0.4, 0.5) is 0 Å². The Morgan fingerprint density at radius 2 is 1.82 bits per heavy atom. The lowest BCUT2D eigenvalue weighted by Crippen LogP contribution is -2.53. The summed E-state index contributed by atoms with van der Waals surface area (Å²) >= 11 is 0. The highest BCUT2D eigenvalue weighted by molar-refractivity contribution is 5.87. The van der Waals surface area contributed by atoms with Gasteiger partial charge in [0.15, 0.2) is 5.79 Å². The molecule has 1 aromatic carbocycles. The fourth-order valence-electron chi connectivity index (χ4n) is 8.12. The molecule has 6 atom stereocenters. The SMILES string of the molecule is C[C@@H](N)c1ccc(C2CC3(C)C(=O)CCC3C3CC[C@]4(O)CC5(CCC4=C23)OCCO5)cc1. The molecule has 1 aliphatic heterocycles. The topological polar surface area (TPSA) is 81.8 Å². The fourth-order valence-corrected chi connectivity index (χ4v) is 8.12. The van der Waals surface area contributed by atoms with E-state index in [0.717, 1.165) is 44.1 Å². The van der Waals surface area contributed by atoms with Gasteiger partial charge in [-0.15, -0.1) is 0 Å². The van der Waals surface area contributed by atoms with Crippen LogP contribution in [0.2, 0.25) is 0 Å². The van der Waals surface area contributed by atoms with Crippen molar-refractivity contribution in [3.05, 3.63) is 46.5 Å². The zero-order valence-electron chi connectivity index (χ0n) is 19.9. The standard InChI is InChI=1S/C28H37NO4/c1-17(29)18-3-5-19(6-4-18)21-15-26(2)22(7-8-24(26)30)20-9-11-27(31)16-28(32-13-14-33-28)12-10-23(27)25(20)21/h3-6,17,20-22,31H,7-16,29H2,1-2H3/t17-,20?,21?,22?,26?,27+/m1/s1. The number of fused-ring (bicyclic) bond motifs is 4. The van der Waals surface area contributed by atoms with Crippen molar-refractivity contribution in [3.63, 3.8) is 0 Å². The average Bonchev–Trinajstić information content (AvgIpc) is 3.36. The van der Waals surface area contributed by atoms with E-state index in [-0.39, 0.29) is 17.4 Å². The van der Waals surface area contributed by atoms with Crippen molar-refractivity contribution in [2.24, 2.45) is 23.0 Å². The summed E-state index contributed by atoms with van der Waals surface area (Å²) in [7, 11) is 0. The molecule has 3 N–H and O–H groups in total. The van der Waals surface area contributed by atoms with Crippen molar-refractivity contribution in [1.29, 1.82) is 0 Å². The van der Waals surface area contributed by atoms with E-state index in [9.17, 15) is 9.90 Å². The van der Waals surface area contributed by atoms with E-state index in [0.29, 0.717) is 43.7 Å². The van der Waals surface area contributed by atoms with Gasteiger partial charge in [0.25, 0.3) is 0 Å². The van der Waals surface area contributed by atoms with E-state index < -0.39 is 11.4 Å². The molecule has 4 fully saturated rings. The van der Waals surface area contributed by atoms with E-state index in [1.54, 1.807) is 0 Å². The number of nitrogens with two attached hydrogens (primary N) is 1. The van der Waals surface area contributed by atoms with Crippen LogP contribution in [0.15, 0.2) is 35.4 Å². The van der Waals surface area contributed by atoms with Crippen LogP contribution in [0.3, 0.4) is 0 Å². The molecule has 4 unspecified atom stereocenters. The molecular formula is C28H37NO4.